The molecule has 1 aromatic rings. The molecule has 1 aromatic carbocycles. The fourth-order valence-corrected chi connectivity index (χ4v) is 5.32. The highest BCUT2D eigenvalue weighted by Gasteiger charge is 2.35. The third-order valence-electron chi connectivity index (χ3n) is 7.25. The molecule has 3 amide bonds. The number of imide groups is 1. The molecule has 196 valence electrons. The van der Waals surface area contributed by atoms with Crippen molar-refractivity contribution in [2.45, 2.75) is 70.8 Å². The molecule has 0 N–H and O–H groups in total. The lowest BCUT2D eigenvalue weighted by Crippen LogP contribution is -2.37. The van der Waals surface area contributed by atoms with Gasteiger partial charge in [-0.2, -0.15) is 0 Å². The number of allylic oxidation sites excluding steroid dienone is 2. The van der Waals surface area contributed by atoms with Crippen molar-refractivity contribution in [2.75, 3.05) is 13.2 Å². The molecule has 2 aliphatic heterocycles. The van der Waals surface area contributed by atoms with E-state index in [0.717, 1.165) is 57.1 Å². The lowest BCUT2D eigenvalue weighted by atomic mass is 9.97. The molecular formula is C30H36N2O5. The number of nitrogens with zero attached hydrogens (tertiary/aromatic N) is 2. The largest absolute Gasteiger partial charge is 0.459 e. The molecule has 0 radical (unpaired) electrons. The van der Waals surface area contributed by atoms with E-state index in [1.807, 2.05) is 24.3 Å². The zero-order valence-electron chi connectivity index (χ0n) is 21.6. The number of rotatable bonds is 13. The van der Waals surface area contributed by atoms with E-state index in [4.69, 9.17) is 4.74 Å². The van der Waals surface area contributed by atoms with Crippen LogP contribution >= 0.6 is 0 Å². The van der Waals surface area contributed by atoms with E-state index in [0.29, 0.717) is 24.1 Å². The summed E-state index contributed by atoms with van der Waals surface area (Å²) < 4.78 is 5.46. The molecule has 0 spiro atoms. The van der Waals surface area contributed by atoms with E-state index in [-0.39, 0.29) is 42.3 Å². The zero-order chi connectivity index (χ0) is 26.2. The predicted octanol–water partition coefficient (Wildman–Crippen LogP) is 5.19. The lowest BCUT2D eigenvalue weighted by molar-refractivity contribution is -0.144. The number of unbranched alkanes of at least 4 members (excludes halogenated alkanes) is 7. The van der Waals surface area contributed by atoms with Crippen LogP contribution in [-0.2, 0) is 14.3 Å². The van der Waals surface area contributed by atoms with Crippen LogP contribution in [0, 0.1) is 5.92 Å². The summed E-state index contributed by atoms with van der Waals surface area (Å²) in [4.78, 5) is 52.1. The van der Waals surface area contributed by atoms with E-state index in [2.05, 4.69) is 6.08 Å². The molecule has 0 aromatic heterocycles. The Balaban J connectivity index is 1.02. The second-order valence-electron chi connectivity index (χ2n) is 9.93. The topological polar surface area (TPSA) is 84.0 Å². The Hall–Kier alpha value is -3.48. The molecule has 0 saturated carbocycles. The van der Waals surface area contributed by atoms with Crippen molar-refractivity contribution in [2.24, 2.45) is 5.92 Å². The SMILES string of the molecule is CC(=O)N1C(COC(=O)CCCCCCCCCCN2C(=O)c3ccccc3C2=O)=CC2C=CC=CC21. The number of fused-ring (bicyclic) bond motifs is 2. The molecule has 2 unspecified atom stereocenters. The van der Waals surface area contributed by atoms with Gasteiger partial charge in [-0.3, -0.25) is 24.1 Å². The van der Waals surface area contributed by atoms with Crippen LogP contribution in [0.25, 0.3) is 0 Å². The second-order valence-corrected chi connectivity index (χ2v) is 9.93. The molecule has 1 aliphatic carbocycles. The minimum Gasteiger partial charge on any atom is -0.459 e. The van der Waals surface area contributed by atoms with Crippen molar-refractivity contribution < 1.29 is 23.9 Å². The van der Waals surface area contributed by atoms with Crippen LogP contribution in [-0.4, -0.2) is 52.7 Å². The minimum absolute atomic E-state index is 0.0152. The number of amides is 3. The molecule has 0 fully saturated rings. The van der Waals surface area contributed by atoms with E-state index >= 15 is 0 Å². The molecule has 0 bridgehead atoms. The monoisotopic (exact) mass is 504 g/mol. The van der Waals surface area contributed by atoms with Crippen LogP contribution in [0.15, 0.2) is 60.3 Å². The molecule has 2 heterocycles. The van der Waals surface area contributed by atoms with Gasteiger partial charge in [0.2, 0.25) is 5.91 Å². The molecule has 7 nitrogen and oxygen atoms in total. The van der Waals surface area contributed by atoms with Gasteiger partial charge < -0.3 is 9.64 Å². The highest BCUT2D eigenvalue weighted by atomic mass is 16.5. The van der Waals surface area contributed by atoms with Crippen LogP contribution in [0.3, 0.4) is 0 Å². The molecule has 37 heavy (non-hydrogen) atoms. The van der Waals surface area contributed by atoms with Gasteiger partial charge in [-0.05, 0) is 25.0 Å². The van der Waals surface area contributed by atoms with Crippen LogP contribution in [0.5, 0.6) is 0 Å². The van der Waals surface area contributed by atoms with E-state index in [1.165, 1.54) is 4.90 Å². The van der Waals surface area contributed by atoms with Gasteiger partial charge in [0.25, 0.3) is 11.8 Å². The number of esters is 1. The summed E-state index contributed by atoms with van der Waals surface area (Å²) >= 11 is 0. The molecule has 2 atom stereocenters. The van der Waals surface area contributed by atoms with Gasteiger partial charge in [0.1, 0.15) is 6.61 Å². The maximum absolute atomic E-state index is 12.4. The maximum atomic E-state index is 12.4. The number of hydrogen-bond acceptors (Lipinski definition) is 5. The minimum atomic E-state index is -0.224. The van der Waals surface area contributed by atoms with Gasteiger partial charge in [-0.15, -0.1) is 0 Å². The number of ether oxygens (including phenoxy) is 1. The van der Waals surface area contributed by atoms with Crippen molar-refractivity contribution in [3.8, 4) is 0 Å². The quantitative estimate of drug-likeness (QED) is 0.210. The summed E-state index contributed by atoms with van der Waals surface area (Å²) in [5, 5.41) is 0. The summed E-state index contributed by atoms with van der Waals surface area (Å²) in [6.07, 6.45) is 18.3. The Morgan fingerprint density at radius 2 is 1.43 bits per heavy atom. The van der Waals surface area contributed by atoms with Crippen LogP contribution in [0.2, 0.25) is 0 Å². The zero-order valence-corrected chi connectivity index (χ0v) is 21.6. The van der Waals surface area contributed by atoms with Gasteiger partial charge in [-0.1, -0.05) is 81.0 Å². The molecule has 7 heteroatoms. The smallest absolute Gasteiger partial charge is 0.306 e. The highest BCUT2D eigenvalue weighted by molar-refractivity contribution is 6.21. The van der Waals surface area contributed by atoms with Gasteiger partial charge in [-0.25, -0.2) is 0 Å². The second kappa shape index (κ2) is 12.7. The highest BCUT2D eigenvalue weighted by Crippen LogP contribution is 2.31. The fraction of sp³-hybridized carbons (Fsp3) is 0.467. The third-order valence-corrected chi connectivity index (χ3v) is 7.25. The molecule has 3 aliphatic rings. The molecular weight excluding hydrogens is 468 g/mol. The summed E-state index contributed by atoms with van der Waals surface area (Å²) in [5.41, 5.74) is 1.78. The Kier molecular flexibility index (Phi) is 9.09. The van der Waals surface area contributed by atoms with Gasteiger partial charge >= 0.3 is 5.97 Å². The summed E-state index contributed by atoms with van der Waals surface area (Å²) in [6.45, 7) is 2.15. The van der Waals surface area contributed by atoms with Gasteiger partial charge in [0, 0.05) is 25.8 Å². The number of benzene rings is 1. The summed E-state index contributed by atoms with van der Waals surface area (Å²) in [6, 6.07) is 6.98. The van der Waals surface area contributed by atoms with E-state index < -0.39 is 0 Å². The van der Waals surface area contributed by atoms with Crippen molar-refractivity contribution in [3.63, 3.8) is 0 Å². The first-order valence-corrected chi connectivity index (χ1v) is 13.4. The summed E-state index contributed by atoms with van der Waals surface area (Å²) in [7, 11) is 0. The Labute approximate surface area is 218 Å². The lowest BCUT2D eigenvalue weighted by Gasteiger charge is -2.27. The normalized spacial score (nSPS) is 19.8. The first kappa shape index (κ1) is 26.6. The van der Waals surface area contributed by atoms with E-state index in [1.54, 1.807) is 36.1 Å². The average molecular weight is 505 g/mol. The van der Waals surface area contributed by atoms with Crippen molar-refractivity contribution in [1.29, 1.82) is 0 Å². The van der Waals surface area contributed by atoms with E-state index in [9.17, 15) is 19.2 Å². The van der Waals surface area contributed by atoms with Gasteiger partial charge in [0.15, 0.2) is 0 Å². The van der Waals surface area contributed by atoms with Crippen molar-refractivity contribution in [3.05, 3.63) is 71.5 Å². The molecule has 4 rings (SSSR count). The van der Waals surface area contributed by atoms with Crippen LogP contribution in [0.4, 0.5) is 0 Å². The third kappa shape index (κ3) is 6.45. The standard InChI is InChI=1S/C30H36N2O5/c1-22(33)32-24(20-23-14-9-12-17-27(23)32)21-37-28(34)18-8-6-4-2-3-5-7-13-19-31-29(35)25-15-10-11-16-26(25)30(31)36/h9-12,14-17,20,23,27H,2-8,13,18-19,21H2,1H3. The number of carbonyl (C=O) groups is 4. The fourth-order valence-electron chi connectivity index (χ4n) is 5.32. The Morgan fingerprint density at radius 3 is 2.08 bits per heavy atom. The maximum Gasteiger partial charge on any atom is 0.306 e. The Bertz CT molecular complexity index is 1080. The van der Waals surface area contributed by atoms with Crippen LogP contribution < -0.4 is 0 Å². The molecule has 0 saturated heterocycles. The first-order chi connectivity index (χ1) is 18.0. The van der Waals surface area contributed by atoms with Gasteiger partial charge in [0.05, 0.1) is 22.9 Å². The number of carbonyl (C=O) groups excluding carboxylic acids is 4. The number of hydrogen-bond donors (Lipinski definition) is 0. The van der Waals surface area contributed by atoms with Crippen LogP contribution in [0.1, 0.15) is 85.4 Å². The average Bonchev–Trinajstić information content (AvgIpc) is 3.39. The van der Waals surface area contributed by atoms with Crippen molar-refractivity contribution >= 4 is 23.7 Å². The summed E-state index contributed by atoms with van der Waals surface area (Å²) in [5.74, 6) is -0.480. The van der Waals surface area contributed by atoms with Crippen molar-refractivity contribution in [1.82, 2.24) is 9.80 Å². The predicted molar refractivity (Wildman–Crippen MR) is 140 cm³/mol. The first-order valence-electron chi connectivity index (χ1n) is 13.4. The Morgan fingerprint density at radius 1 is 0.838 bits per heavy atom.